The molecule has 0 aromatic carbocycles. The van der Waals surface area contributed by atoms with E-state index in [1.165, 1.54) is 0 Å². The molecule has 1 aliphatic heterocycles. The number of hydrogen-bond donors (Lipinski definition) is 5. The van der Waals surface area contributed by atoms with Crippen molar-refractivity contribution in [3.63, 3.8) is 0 Å². The largest absolute Gasteiger partial charge is 0.381 e. The maximum absolute atomic E-state index is 13.9. The number of aliphatic hydroxyl groups is 1. The van der Waals surface area contributed by atoms with Gasteiger partial charge in [0.25, 0.3) is 0 Å². The second-order valence-corrected chi connectivity index (χ2v) is 13.6. The smallest absolute Gasteiger partial charge is 0.315 e. The van der Waals surface area contributed by atoms with Gasteiger partial charge in [-0.05, 0) is 62.2 Å². The molecule has 10 heteroatoms. The monoisotopic (exact) mass is 507 g/mol. The fourth-order valence-corrected chi connectivity index (χ4v) is 5.82. The number of nitrogens with two attached hydrogens (primary N) is 1. The number of nitrogens with zero attached hydrogens (tertiary/aromatic N) is 1. The first-order valence-corrected chi connectivity index (χ1v) is 13.0. The molecule has 3 fully saturated rings. The van der Waals surface area contributed by atoms with Crippen LogP contribution in [-0.2, 0) is 14.4 Å². The van der Waals surface area contributed by atoms with Crippen LogP contribution in [0.5, 0.6) is 0 Å². The summed E-state index contributed by atoms with van der Waals surface area (Å²) in [4.78, 5) is 53.6. The number of urea groups is 1. The molecule has 2 saturated carbocycles. The van der Waals surface area contributed by atoms with E-state index < -0.39 is 47.1 Å². The lowest BCUT2D eigenvalue weighted by Gasteiger charge is -2.40. The third kappa shape index (κ3) is 5.63. The molecule has 5 amide bonds. The maximum Gasteiger partial charge on any atom is 0.315 e. The van der Waals surface area contributed by atoms with Crippen LogP contribution >= 0.6 is 0 Å². The number of carbonyl (C=O) groups is 4. The van der Waals surface area contributed by atoms with Gasteiger partial charge in [-0.3, -0.25) is 14.4 Å². The highest BCUT2D eigenvalue weighted by atomic mass is 16.3. The minimum atomic E-state index is -1.49. The first-order chi connectivity index (χ1) is 16.4. The molecule has 0 spiro atoms. The second kappa shape index (κ2) is 9.50. The van der Waals surface area contributed by atoms with Crippen molar-refractivity contribution in [2.24, 2.45) is 34.3 Å². The highest BCUT2D eigenvalue weighted by Crippen LogP contribution is 2.65. The lowest BCUT2D eigenvalue weighted by Crippen LogP contribution is -2.63. The van der Waals surface area contributed by atoms with Gasteiger partial charge in [0.1, 0.15) is 12.1 Å². The second-order valence-electron chi connectivity index (χ2n) is 13.6. The van der Waals surface area contributed by atoms with Gasteiger partial charge in [0.2, 0.25) is 17.7 Å². The summed E-state index contributed by atoms with van der Waals surface area (Å²) in [5.41, 5.74) is 4.17. The van der Waals surface area contributed by atoms with Gasteiger partial charge in [-0.2, -0.15) is 0 Å². The fraction of sp³-hybridized carbons (Fsp3) is 0.846. The zero-order chi connectivity index (χ0) is 27.4. The number of aliphatic hydroxyl groups excluding tert-OH is 1. The van der Waals surface area contributed by atoms with E-state index in [-0.39, 0.29) is 35.0 Å². The average Bonchev–Trinajstić information content (AvgIpc) is 3.02. The van der Waals surface area contributed by atoms with Gasteiger partial charge >= 0.3 is 6.03 Å². The molecule has 0 aromatic rings. The van der Waals surface area contributed by atoms with Crippen LogP contribution in [0.2, 0.25) is 0 Å². The fourth-order valence-electron chi connectivity index (χ4n) is 5.82. The number of nitrogens with one attached hydrogen (secondary N) is 3. The van der Waals surface area contributed by atoms with Crippen LogP contribution in [-0.4, -0.2) is 70.1 Å². The van der Waals surface area contributed by atoms with Crippen molar-refractivity contribution < 1.29 is 24.3 Å². The third-order valence-electron chi connectivity index (χ3n) is 8.24. The lowest BCUT2D eigenvalue weighted by molar-refractivity contribution is -0.145. The van der Waals surface area contributed by atoms with E-state index in [1.807, 2.05) is 41.5 Å². The van der Waals surface area contributed by atoms with Gasteiger partial charge in [-0.1, -0.05) is 41.0 Å². The summed E-state index contributed by atoms with van der Waals surface area (Å²) in [5.74, 6) is -1.49. The van der Waals surface area contributed by atoms with Crippen LogP contribution in [0, 0.1) is 28.6 Å². The Morgan fingerprint density at radius 2 is 1.61 bits per heavy atom. The predicted molar refractivity (Wildman–Crippen MR) is 135 cm³/mol. The molecule has 3 rings (SSSR count). The number of piperidine rings is 1. The van der Waals surface area contributed by atoms with Gasteiger partial charge in [-0.15, -0.1) is 0 Å². The first kappa shape index (κ1) is 28.2. The zero-order valence-electron chi connectivity index (χ0n) is 23.0. The SMILES string of the molecule is CC(C)(C)NC(=O)N[C@H](C(=O)N1CC2C([C@H]1C(=O)NC(C1CCC1)C(O)C(N)=O)C2(C)C)C(C)(C)C. The molecule has 4 unspecified atom stereocenters. The maximum atomic E-state index is 13.9. The molecule has 204 valence electrons. The molecule has 6 N–H and O–H groups in total. The summed E-state index contributed by atoms with van der Waals surface area (Å²) in [7, 11) is 0. The average molecular weight is 508 g/mol. The minimum Gasteiger partial charge on any atom is -0.381 e. The molecule has 10 nitrogen and oxygen atoms in total. The van der Waals surface area contributed by atoms with Crippen LogP contribution in [0.15, 0.2) is 0 Å². The van der Waals surface area contributed by atoms with Crippen molar-refractivity contribution in [1.29, 1.82) is 0 Å². The number of rotatable bonds is 7. The van der Waals surface area contributed by atoms with Crippen LogP contribution in [0.3, 0.4) is 0 Å². The highest BCUT2D eigenvalue weighted by Gasteiger charge is 2.70. The molecular weight excluding hydrogens is 462 g/mol. The number of primary amides is 1. The Bertz CT molecular complexity index is 901. The number of hydrogen-bond acceptors (Lipinski definition) is 5. The van der Waals surface area contributed by atoms with Crippen molar-refractivity contribution in [3.8, 4) is 0 Å². The topological polar surface area (TPSA) is 154 Å². The summed E-state index contributed by atoms with van der Waals surface area (Å²) in [6, 6.07) is -2.83. The molecule has 0 radical (unpaired) electrons. The van der Waals surface area contributed by atoms with Crippen molar-refractivity contribution in [2.45, 2.75) is 104 Å². The Kier molecular flexibility index (Phi) is 7.45. The van der Waals surface area contributed by atoms with Gasteiger partial charge in [0.05, 0.1) is 6.04 Å². The molecule has 3 aliphatic rings. The molecule has 36 heavy (non-hydrogen) atoms. The number of fused-ring (bicyclic) bond motifs is 1. The van der Waals surface area contributed by atoms with Gasteiger partial charge < -0.3 is 31.7 Å². The summed E-state index contributed by atoms with van der Waals surface area (Å²) in [6.07, 6.45) is 1.06. The first-order valence-electron chi connectivity index (χ1n) is 13.0. The summed E-state index contributed by atoms with van der Waals surface area (Å²) >= 11 is 0. The van der Waals surface area contributed by atoms with Gasteiger partial charge in [0, 0.05) is 12.1 Å². The van der Waals surface area contributed by atoms with E-state index in [9.17, 15) is 24.3 Å². The zero-order valence-corrected chi connectivity index (χ0v) is 23.0. The Morgan fingerprint density at radius 1 is 1.03 bits per heavy atom. The Labute approximate surface area is 214 Å². The molecule has 0 aromatic heterocycles. The Morgan fingerprint density at radius 3 is 2.06 bits per heavy atom. The van der Waals surface area contributed by atoms with Gasteiger partial charge in [-0.25, -0.2) is 4.79 Å². The Balaban J connectivity index is 1.84. The van der Waals surface area contributed by atoms with Crippen LogP contribution in [0.4, 0.5) is 4.79 Å². The quantitative estimate of drug-likeness (QED) is 0.349. The van der Waals surface area contributed by atoms with Crippen LogP contribution < -0.4 is 21.7 Å². The van der Waals surface area contributed by atoms with Gasteiger partial charge in [0.15, 0.2) is 6.10 Å². The standard InChI is InChI=1S/C26H45N5O5/c1-24(2,3)19(29-23(36)30-25(4,5)6)22(35)31-12-14-15(26(14,7)8)17(31)21(34)28-16(13-10-9-11-13)18(32)20(27)33/h13-19,32H,9-12H2,1-8H3,(H2,27,33)(H,28,34)(H2,29,30,36)/t14?,15?,16?,17-,18?,19+/m0/s1. The van der Waals surface area contributed by atoms with E-state index in [2.05, 4.69) is 29.8 Å². The highest BCUT2D eigenvalue weighted by molar-refractivity contribution is 5.94. The summed E-state index contributed by atoms with van der Waals surface area (Å²) in [6.45, 7) is 15.8. The third-order valence-corrected chi connectivity index (χ3v) is 8.24. The van der Waals surface area contributed by atoms with Crippen LogP contribution in [0.1, 0.15) is 74.7 Å². The minimum absolute atomic E-state index is 0.0323. The molecule has 1 saturated heterocycles. The molecule has 1 heterocycles. The van der Waals surface area contributed by atoms with E-state index in [4.69, 9.17) is 5.73 Å². The van der Waals surface area contributed by atoms with E-state index in [0.717, 1.165) is 19.3 Å². The van der Waals surface area contributed by atoms with Crippen LogP contribution in [0.25, 0.3) is 0 Å². The van der Waals surface area contributed by atoms with Crippen molar-refractivity contribution in [3.05, 3.63) is 0 Å². The number of carbonyl (C=O) groups excluding carboxylic acids is 4. The summed E-state index contributed by atoms with van der Waals surface area (Å²) in [5, 5.41) is 19.0. The lowest BCUT2D eigenvalue weighted by atomic mass is 9.77. The van der Waals surface area contributed by atoms with Crippen molar-refractivity contribution in [1.82, 2.24) is 20.9 Å². The normalized spacial score (nSPS) is 27.7. The number of amides is 5. The predicted octanol–water partition coefficient (Wildman–Crippen LogP) is 1.11. The Hall–Kier alpha value is -2.36. The van der Waals surface area contributed by atoms with Crippen molar-refractivity contribution >= 4 is 23.8 Å². The molecule has 2 aliphatic carbocycles. The summed E-state index contributed by atoms with van der Waals surface area (Å²) < 4.78 is 0. The molecule has 0 bridgehead atoms. The van der Waals surface area contributed by atoms with E-state index in [1.54, 1.807) is 4.90 Å². The molecule has 6 atom stereocenters. The van der Waals surface area contributed by atoms with E-state index >= 15 is 0 Å². The number of likely N-dealkylation sites (tertiary alicyclic amines) is 1. The van der Waals surface area contributed by atoms with Crippen molar-refractivity contribution in [2.75, 3.05) is 6.54 Å². The van der Waals surface area contributed by atoms with E-state index in [0.29, 0.717) is 6.54 Å². The molecular formula is C26H45N5O5.